The summed E-state index contributed by atoms with van der Waals surface area (Å²) in [6.07, 6.45) is 3.97. The first-order chi connectivity index (χ1) is 4.83. The summed E-state index contributed by atoms with van der Waals surface area (Å²) in [6.45, 7) is 0. The van der Waals surface area contributed by atoms with Crippen LogP contribution in [0.3, 0.4) is 0 Å². The number of rotatable bonds is 3. The minimum Gasteiger partial charge on any atom is -0.321 e. The van der Waals surface area contributed by atoms with Gasteiger partial charge in [0.15, 0.2) is 0 Å². The van der Waals surface area contributed by atoms with E-state index in [9.17, 15) is 4.79 Å². The van der Waals surface area contributed by atoms with E-state index in [1.54, 1.807) is 18.0 Å². The second-order valence-electron chi connectivity index (χ2n) is 1.90. The normalized spacial score (nSPS) is 12.9. The lowest BCUT2D eigenvalue weighted by Crippen LogP contribution is -2.23. The largest absolute Gasteiger partial charge is 0.321 e. The molecule has 1 aromatic heterocycles. The van der Waals surface area contributed by atoms with E-state index in [-0.39, 0.29) is 0 Å². The van der Waals surface area contributed by atoms with Gasteiger partial charge in [-0.25, -0.2) is 0 Å². The molecule has 2 N–H and O–H groups in total. The van der Waals surface area contributed by atoms with Gasteiger partial charge in [-0.05, 0) is 0 Å². The molecule has 1 heterocycles. The van der Waals surface area contributed by atoms with Gasteiger partial charge in [0.2, 0.25) is 6.29 Å². The van der Waals surface area contributed by atoms with Gasteiger partial charge in [0, 0.05) is 17.5 Å². The van der Waals surface area contributed by atoms with Crippen molar-refractivity contribution in [2.75, 3.05) is 0 Å². The predicted octanol–water partition coefficient (Wildman–Crippen LogP) is 0.123. The first-order valence-corrected chi connectivity index (χ1v) is 3.71. The van der Waals surface area contributed by atoms with Crippen LogP contribution in [0.4, 0.5) is 0 Å². The van der Waals surface area contributed by atoms with E-state index >= 15 is 0 Å². The van der Waals surface area contributed by atoms with E-state index in [1.807, 2.05) is 0 Å². The Hall–Kier alpha value is -0.740. The average Bonchev–Trinajstić information content (AvgIpc) is 2.40. The zero-order chi connectivity index (χ0) is 7.40. The van der Waals surface area contributed by atoms with Gasteiger partial charge in [-0.2, -0.15) is 0 Å². The number of hydrogen-bond acceptors (Lipinski definition) is 4. The summed E-state index contributed by atoms with van der Waals surface area (Å²) in [5, 5.41) is 0. The van der Waals surface area contributed by atoms with Crippen molar-refractivity contribution >= 4 is 17.6 Å². The maximum Gasteiger partial charge on any atom is 0.217 e. The SMILES string of the molecule is N[C@@H]([C]=O)Cc1cncs1. The Balaban J connectivity index is 2.47. The number of nitrogens with zero attached hydrogens (tertiary/aromatic N) is 1. The summed E-state index contributed by atoms with van der Waals surface area (Å²) in [5.74, 6) is 0. The van der Waals surface area contributed by atoms with Crippen LogP contribution in [0.5, 0.6) is 0 Å². The highest BCUT2D eigenvalue weighted by Gasteiger charge is 2.03. The van der Waals surface area contributed by atoms with E-state index in [0.717, 1.165) is 4.88 Å². The Kier molecular flexibility index (Phi) is 2.53. The van der Waals surface area contributed by atoms with Crippen LogP contribution in [0.15, 0.2) is 11.7 Å². The minimum absolute atomic E-state index is 0.500. The summed E-state index contributed by atoms with van der Waals surface area (Å²) >= 11 is 1.50. The predicted molar refractivity (Wildman–Crippen MR) is 39.5 cm³/mol. The Labute approximate surface area is 62.9 Å². The molecule has 0 bridgehead atoms. The smallest absolute Gasteiger partial charge is 0.217 e. The van der Waals surface area contributed by atoms with Crippen molar-refractivity contribution in [2.24, 2.45) is 5.73 Å². The van der Waals surface area contributed by atoms with Crippen LogP contribution in [0, 0.1) is 0 Å². The summed E-state index contributed by atoms with van der Waals surface area (Å²) in [6, 6.07) is -0.500. The first kappa shape index (κ1) is 7.37. The van der Waals surface area contributed by atoms with Crippen LogP contribution in [0.25, 0.3) is 0 Å². The monoisotopic (exact) mass is 155 g/mol. The van der Waals surface area contributed by atoms with Gasteiger partial charge in [-0.15, -0.1) is 11.3 Å². The molecule has 0 aromatic carbocycles. The molecule has 0 saturated heterocycles. The van der Waals surface area contributed by atoms with Gasteiger partial charge in [0.25, 0.3) is 0 Å². The molecular weight excluding hydrogens is 148 g/mol. The molecule has 0 fully saturated rings. The molecule has 3 nitrogen and oxygen atoms in total. The molecule has 1 rings (SSSR count). The Morgan fingerprint density at radius 2 is 2.70 bits per heavy atom. The molecule has 1 aromatic rings. The average molecular weight is 155 g/mol. The third-order valence-electron chi connectivity index (χ3n) is 1.06. The van der Waals surface area contributed by atoms with E-state index in [2.05, 4.69) is 4.98 Å². The highest BCUT2D eigenvalue weighted by atomic mass is 32.1. The van der Waals surface area contributed by atoms with E-state index in [4.69, 9.17) is 5.73 Å². The maximum absolute atomic E-state index is 9.97. The second kappa shape index (κ2) is 3.43. The van der Waals surface area contributed by atoms with Crippen LogP contribution in [-0.2, 0) is 11.2 Å². The van der Waals surface area contributed by atoms with Crippen LogP contribution in [-0.4, -0.2) is 17.3 Å². The fraction of sp³-hybridized carbons (Fsp3) is 0.333. The molecule has 53 valence electrons. The third kappa shape index (κ3) is 1.89. The van der Waals surface area contributed by atoms with Crippen molar-refractivity contribution in [3.8, 4) is 0 Å². The van der Waals surface area contributed by atoms with Gasteiger partial charge >= 0.3 is 0 Å². The molecule has 0 aliphatic heterocycles. The van der Waals surface area contributed by atoms with Crippen molar-refractivity contribution in [2.45, 2.75) is 12.5 Å². The minimum atomic E-state index is -0.500. The molecule has 0 amide bonds. The van der Waals surface area contributed by atoms with Crippen molar-refractivity contribution in [1.29, 1.82) is 0 Å². The standard InChI is InChI=1S/C6H7N2OS/c7-5(3-9)1-6-2-8-4-10-6/h2,4-5H,1,7H2/t5-/m1/s1. The topological polar surface area (TPSA) is 56.0 Å². The molecule has 0 aliphatic rings. The Morgan fingerprint density at radius 1 is 1.90 bits per heavy atom. The van der Waals surface area contributed by atoms with Crippen molar-refractivity contribution in [3.63, 3.8) is 0 Å². The quantitative estimate of drug-likeness (QED) is 0.674. The Morgan fingerprint density at radius 3 is 3.20 bits per heavy atom. The molecule has 0 spiro atoms. The molecule has 0 aliphatic carbocycles. The van der Waals surface area contributed by atoms with E-state index in [0.29, 0.717) is 6.42 Å². The van der Waals surface area contributed by atoms with Gasteiger partial charge in [-0.1, -0.05) is 0 Å². The van der Waals surface area contributed by atoms with Crippen molar-refractivity contribution in [3.05, 3.63) is 16.6 Å². The molecule has 0 saturated carbocycles. The fourth-order valence-corrected chi connectivity index (χ4v) is 1.26. The van der Waals surface area contributed by atoms with Crippen LogP contribution in [0.2, 0.25) is 0 Å². The molecule has 1 radical (unpaired) electrons. The Bertz CT molecular complexity index is 198. The van der Waals surface area contributed by atoms with Gasteiger partial charge in [0.1, 0.15) is 0 Å². The number of carbonyl (C=O) groups excluding carboxylic acids is 1. The summed E-state index contributed by atoms with van der Waals surface area (Å²) in [4.78, 5) is 14.8. The van der Waals surface area contributed by atoms with Gasteiger partial charge < -0.3 is 5.73 Å². The molecule has 4 heteroatoms. The third-order valence-corrected chi connectivity index (χ3v) is 1.86. The number of aromatic nitrogens is 1. The zero-order valence-corrected chi connectivity index (χ0v) is 6.10. The van der Waals surface area contributed by atoms with E-state index < -0.39 is 6.04 Å². The lowest BCUT2D eigenvalue weighted by atomic mass is 10.2. The molecule has 1 atom stereocenters. The van der Waals surface area contributed by atoms with Crippen molar-refractivity contribution in [1.82, 2.24) is 4.98 Å². The molecular formula is C6H7N2OS. The first-order valence-electron chi connectivity index (χ1n) is 2.83. The van der Waals surface area contributed by atoms with Crippen LogP contribution >= 0.6 is 11.3 Å². The van der Waals surface area contributed by atoms with Gasteiger partial charge in [0.05, 0.1) is 11.6 Å². The van der Waals surface area contributed by atoms with Crippen molar-refractivity contribution < 1.29 is 4.79 Å². The molecule has 10 heavy (non-hydrogen) atoms. The lowest BCUT2D eigenvalue weighted by Gasteiger charge is -1.96. The van der Waals surface area contributed by atoms with Crippen LogP contribution in [0.1, 0.15) is 4.88 Å². The fourth-order valence-electron chi connectivity index (χ4n) is 0.601. The lowest BCUT2D eigenvalue weighted by molar-refractivity contribution is 0.541. The number of thiazole rings is 1. The summed E-state index contributed by atoms with van der Waals surface area (Å²) in [7, 11) is 0. The highest BCUT2D eigenvalue weighted by molar-refractivity contribution is 7.09. The maximum atomic E-state index is 9.97. The van der Waals surface area contributed by atoms with E-state index in [1.165, 1.54) is 11.3 Å². The zero-order valence-electron chi connectivity index (χ0n) is 5.28. The summed E-state index contributed by atoms with van der Waals surface area (Å²) < 4.78 is 0. The number of nitrogens with two attached hydrogens (primary N) is 1. The second-order valence-corrected chi connectivity index (χ2v) is 2.87. The van der Waals surface area contributed by atoms with Gasteiger partial charge in [-0.3, -0.25) is 9.78 Å². The van der Waals surface area contributed by atoms with Crippen LogP contribution < -0.4 is 5.73 Å². The number of hydrogen-bond donors (Lipinski definition) is 1. The molecule has 0 unspecified atom stereocenters. The highest BCUT2D eigenvalue weighted by Crippen LogP contribution is 2.06. The summed E-state index contributed by atoms with van der Waals surface area (Å²) in [5.41, 5.74) is 7.03.